The number of alkyl halides is 1. The average Bonchev–Trinajstić information content (AvgIpc) is 2.40. The van der Waals surface area contributed by atoms with Crippen LogP contribution in [0.4, 0.5) is 4.79 Å². The Labute approximate surface area is 115 Å². The first kappa shape index (κ1) is 13.4. The number of hydrogen-bond donors (Lipinski definition) is 1. The van der Waals surface area contributed by atoms with Gasteiger partial charge in [0.2, 0.25) is 0 Å². The summed E-state index contributed by atoms with van der Waals surface area (Å²) in [5.41, 5.74) is 0.971. The van der Waals surface area contributed by atoms with E-state index < -0.39 is 0 Å². The van der Waals surface area contributed by atoms with Gasteiger partial charge in [-0.25, -0.2) is 4.79 Å². The lowest BCUT2D eigenvalue weighted by molar-refractivity contribution is 0.0607. The molecular formula is C13H16BrNO3. The number of amides is 1. The molecule has 0 saturated carbocycles. The third-order valence-electron chi connectivity index (χ3n) is 2.97. The normalized spacial score (nSPS) is 23.8. The predicted molar refractivity (Wildman–Crippen MR) is 71.5 cm³/mol. The Balaban J connectivity index is 1.82. The monoisotopic (exact) mass is 313 g/mol. The van der Waals surface area contributed by atoms with Crippen LogP contribution < -0.4 is 0 Å². The molecular weight excluding hydrogens is 298 g/mol. The van der Waals surface area contributed by atoms with Gasteiger partial charge in [-0.05, 0) is 12.0 Å². The number of halogens is 1. The third-order valence-corrected chi connectivity index (χ3v) is 3.87. The predicted octanol–water partition coefficient (Wildman–Crippen LogP) is 2.15. The van der Waals surface area contributed by atoms with Crippen molar-refractivity contribution in [3.63, 3.8) is 0 Å². The number of carbonyl (C=O) groups is 1. The van der Waals surface area contributed by atoms with Gasteiger partial charge < -0.3 is 14.7 Å². The molecule has 1 N–H and O–H groups in total. The van der Waals surface area contributed by atoms with Crippen molar-refractivity contribution in [3.8, 4) is 0 Å². The number of piperidine rings is 1. The SMILES string of the molecule is O=C(OCc1ccccc1)N1CCC(O)C(Br)C1. The van der Waals surface area contributed by atoms with Crippen molar-refractivity contribution in [3.05, 3.63) is 35.9 Å². The Morgan fingerprint density at radius 2 is 2.17 bits per heavy atom. The van der Waals surface area contributed by atoms with Crippen molar-refractivity contribution in [2.75, 3.05) is 13.1 Å². The molecule has 0 radical (unpaired) electrons. The summed E-state index contributed by atoms with van der Waals surface area (Å²) in [6.07, 6.45) is -0.130. The van der Waals surface area contributed by atoms with Crippen molar-refractivity contribution in [2.45, 2.75) is 24.0 Å². The molecule has 1 heterocycles. The largest absolute Gasteiger partial charge is 0.445 e. The zero-order chi connectivity index (χ0) is 13.0. The first-order valence-electron chi connectivity index (χ1n) is 5.94. The van der Waals surface area contributed by atoms with Gasteiger partial charge in [-0.15, -0.1) is 0 Å². The summed E-state index contributed by atoms with van der Waals surface area (Å²) in [5.74, 6) is 0. The number of ether oxygens (including phenoxy) is 1. The van der Waals surface area contributed by atoms with Crippen molar-refractivity contribution in [2.24, 2.45) is 0 Å². The van der Waals surface area contributed by atoms with E-state index in [0.29, 0.717) is 19.5 Å². The van der Waals surface area contributed by atoms with Crippen LogP contribution >= 0.6 is 15.9 Å². The van der Waals surface area contributed by atoms with Crippen LogP contribution in [0.3, 0.4) is 0 Å². The van der Waals surface area contributed by atoms with Crippen LogP contribution in [0.15, 0.2) is 30.3 Å². The molecule has 4 nitrogen and oxygen atoms in total. The highest BCUT2D eigenvalue weighted by atomic mass is 79.9. The van der Waals surface area contributed by atoms with Crippen LogP contribution in [0.5, 0.6) is 0 Å². The number of rotatable bonds is 2. The minimum Gasteiger partial charge on any atom is -0.445 e. The highest BCUT2D eigenvalue weighted by molar-refractivity contribution is 9.09. The molecule has 1 fully saturated rings. The Hall–Kier alpha value is -1.07. The molecule has 18 heavy (non-hydrogen) atoms. The van der Waals surface area contributed by atoms with Gasteiger partial charge in [0.25, 0.3) is 0 Å². The lowest BCUT2D eigenvalue weighted by Gasteiger charge is -2.32. The van der Waals surface area contributed by atoms with Gasteiger partial charge in [0.15, 0.2) is 0 Å². The maximum absolute atomic E-state index is 11.8. The zero-order valence-electron chi connectivity index (χ0n) is 9.96. The Morgan fingerprint density at radius 3 is 2.83 bits per heavy atom. The van der Waals surface area contributed by atoms with Gasteiger partial charge in [-0.3, -0.25) is 0 Å². The fourth-order valence-corrected chi connectivity index (χ4v) is 2.48. The van der Waals surface area contributed by atoms with E-state index >= 15 is 0 Å². The summed E-state index contributed by atoms with van der Waals surface area (Å²) in [5, 5.41) is 9.56. The maximum Gasteiger partial charge on any atom is 0.410 e. The summed E-state index contributed by atoms with van der Waals surface area (Å²) in [4.78, 5) is 13.4. The second-order valence-electron chi connectivity index (χ2n) is 4.36. The quantitative estimate of drug-likeness (QED) is 0.851. The molecule has 1 aliphatic heterocycles. The summed E-state index contributed by atoms with van der Waals surface area (Å²) in [6, 6.07) is 9.58. The van der Waals surface area contributed by atoms with Crippen molar-refractivity contribution < 1.29 is 14.6 Å². The van der Waals surface area contributed by atoms with E-state index in [1.165, 1.54) is 0 Å². The molecule has 1 aromatic carbocycles. The van der Waals surface area contributed by atoms with Gasteiger partial charge in [0.05, 0.1) is 10.9 Å². The first-order chi connectivity index (χ1) is 8.66. The standard InChI is InChI=1S/C13H16BrNO3/c14-11-8-15(7-6-12(11)16)13(17)18-9-10-4-2-1-3-5-10/h1-5,11-12,16H,6-9H2. The van der Waals surface area contributed by atoms with E-state index in [-0.39, 0.29) is 23.6 Å². The summed E-state index contributed by atoms with van der Waals surface area (Å²) < 4.78 is 5.24. The Morgan fingerprint density at radius 1 is 1.44 bits per heavy atom. The maximum atomic E-state index is 11.8. The topological polar surface area (TPSA) is 49.8 Å². The lowest BCUT2D eigenvalue weighted by atomic mass is 10.1. The molecule has 1 amide bonds. The van der Waals surface area contributed by atoms with E-state index in [2.05, 4.69) is 15.9 Å². The number of aliphatic hydroxyl groups is 1. The molecule has 0 aliphatic carbocycles. The molecule has 1 aromatic rings. The highest BCUT2D eigenvalue weighted by Gasteiger charge is 2.29. The van der Waals surface area contributed by atoms with Gasteiger partial charge in [0, 0.05) is 13.1 Å². The van der Waals surface area contributed by atoms with Crippen LogP contribution in [0, 0.1) is 0 Å². The van der Waals surface area contributed by atoms with Gasteiger partial charge in [0.1, 0.15) is 6.61 Å². The van der Waals surface area contributed by atoms with Crippen molar-refractivity contribution >= 4 is 22.0 Å². The van der Waals surface area contributed by atoms with Gasteiger partial charge in [-0.1, -0.05) is 46.3 Å². The summed E-state index contributed by atoms with van der Waals surface area (Å²) >= 11 is 3.36. The second kappa shape index (κ2) is 6.20. The minimum absolute atomic E-state index is 0.0736. The molecule has 1 aliphatic rings. The van der Waals surface area contributed by atoms with E-state index in [0.717, 1.165) is 5.56 Å². The fourth-order valence-electron chi connectivity index (χ4n) is 1.87. The lowest BCUT2D eigenvalue weighted by Crippen LogP contribution is -2.46. The number of hydrogen-bond acceptors (Lipinski definition) is 3. The van der Waals surface area contributed by atoms with Crippen LogP contribution in [0.1, 0.15) is 12.0 Å². The second-order valence-corrected chi connectivity index (χ2v) is 5.53. The molecule has 2 atom stereocenters. The van der Waals surface area contributed by atoms with E-state index in [1.807, 2.05) is 30.3 Å². The van der Waals surface area contributed by atoms with E-state index in [4.69, 9.17) is 4.74 Å². The fraction of sp³-hybridized carbons (Fsp3) is 0.462. The minimum atomic E-state index is -0.386. The van der Waals surface area contributed by atoms with Gasteiger partial charge in [-0.2, -0.15) is 0 Å². The molecule has 0 spiro atoms. The Bertz CT molecular complexity index is 398. The molecule has 5 heteroatoms. The van der Waals surface area contributed by atoms with Crippen LogP contribution in [0.2, 0.25) is 0 Å². The first-order valence-corrected chi connectivity index (χ1v) is 6.86. The highest BCUT2D eigenvalue weighted by Crippen LogP contribution is 2.18. The third kappa shape index (κ3) is 3.46. The van der Waals surface area contributed by atoms with Crippen molar-refractivity contribution in [1.82, 2.24) is 4.90 Å². The number of aliphatic hydroxyl groups excluding tert-OH is 1. The van der Waals surface area contributed by atoms with Crippen molar-refractivity contribution in [1.29, 1.82) is 0 Å². The van der Waals surface area contributed by atoms with Gasteiger partial charge >= 0.3 is 6.09 Å². The van der Waals surface area contributed by atoms with Crippen LogP contribution in [-0.4, -0.2) is 40.1 Å². The molecule has 98 valence electrons. The zero-order valence-corrected chi connectivity index (χ0v) is 11.5. The number of carbonyl (C=O) groups excluding carboxylic acids is 1. The number of nitrogens with zero attached hydrogens (tertiary/aromatic N) is 1. The van der Waals surface area contributed by atoms with E-state index in [1.54, 1.807) is 4.90 Å². The average molecular weight is 314 g/mol. The molecule has 0 aromatic heterocycles. The number of likely N-dealkylation sites (tertiary alicyclic amines) is 1. The van der Waals surface area contributed by atoms with Crippen LogP contribution in [0.25, 0.3) is 0 Å². The molecule has 1 saturated heterocycles. The van der Waals surface area contributed by atoms with E-state index in [9.17, 15) is 9.90 Å². The molecule has 2 rings (SSSR count). The Kier molecular flexibility index (Phi) is 4.60. The summed E-state index contributed by atoms with van der Waals surface area (Å²) in [6.45, 7) is 1.30. The molecule has 2 unspecified atom stereocenters. The smallest absolute Gasteiger partial charge is 0.410 e. The number of benzene rings is 1. The molecule has 0 bridgehead atoms. The van der Waals surface area contributed by atoms with Crippen LogP contribution in [-0.2, 0) is 11.3 Å². The summed E-state index contributed by atoms with van der Waals surface area (Å²) in [7, 11) is 0.